The van der Waals surface area contributed by atoms with Crippen LogP contribution in [0.4, 0.5) is 11.4 Å². The van der Waals surface area contributed by atoms with Crippen LogP contribution in [-0.4, -0.2) is 0 Å². The van der Waals surface area contributed by atoms with Crippen LogP contribution in [0.5, 0.6) is 0 Å². The number of benzene rings is 6. The lowest BCUT2D eigenvalue weighted by molar-refractivity contribution is 0.511. The minimum absolute atomic E-state index is 0.114. The molecule has 224 valence electrons. The van der Waals surface area contributed by atoms with Gasteiger partial charge in [-0.3, -0.25) is 0 Å². The van der Waals surface area contributed by atoms with Crippen molar-refractivity contribution in [3.8, 4) is 0 Å². The van der Waals surface area contributed by atoms with Gasteiger partial charge in [-0.15, -0.1) is 0 Å². The Morgan fingerprint density at radius 3 is 2.06 bits per heavy atom. The van der Waals surface area contributed by atoms with E-state index in [-0.39, 0.29) is 17.3 Å². The molecule has 2 heteroatoms. The second-order valence-electron chi connectivity index (χ2n) is 13.6. The Labute approximate surface area is 274 Å². The Balaban J connectivity index is 1.13. The van der Waals surface area contributed by atoms with Crippen molar-refractivity contribution in [2.24, 2.45) is 11.8 Å². The van der Waals surface area contributed by atoms with Crippen molar-refractivity contribution in [1.29, 1.82) is 0 Å². The smallest absolute Gasteiger partial charge is 0.159 e. The summed E-state index contributed by atoms with van der Waals surface area (Å²) in [6, 6.07) is 43.5. The molecule has 1 aromatic heterocycles. The zero-order chi connectivity index (χ0) is 31.3. The molecule has 3 aliphatic carbocycles. The standard InChI is InChI=1S/C45H33NO/c1-45(2)42-31-26-24-30(46(29-13-4-3-5-14-29)39-21-12-20-37-34-17-10-11-22-40(34)47-44(37)39)27-28(31)23-25-38(42)41-35-18-8-6-15-32(35)33-16-7-9-19-36(33)43(41)45/h3-28,31H,1-2H3. The van der Waals surface area contributed by atoms with Crippen LogP contribution in [0.1, 0.15) is 25.0 Å². The van der Waals surface area contributed by atoms with Gasteiger partial charge < -0.3 is 9.32 Å². The van der Waals surface area contributed by atoms with Crippen LogP contribution in [-0.2, 0) is 5.41 Å². The molecule has 0 aliphatic heterocycles. The van der Waals surface area contributed by atoms with Crippen LogP contribution in [0.3, 0.4) is 0 Å². The fourth-order valence-corrected chi connectivity index (χ4v) is 8.87. The van der Waals surface area contributed by atoms with Crippen molar-refractivity contribution >= 4 is 60.4 Å². The summed E-state index contributed by atoms with van der Waals surface area (Å²) < 4.78 is 6.56. The lowest BCUT2D eigenvalue weighted by Crippen LogP contribution is -2.29. The zero-order valence-electron chi connectivity index (χ0n) is 26.4. The van der Waals surface area contributed by atoms with Gasteiger partial charge in [-0.05, 0) is 74.2 Å². The first kappa shape index (κ1) is 26.6. The minimum Gasteiger partial charge on any atom is -0.454 e. The van der Waals surface area contributed by atoms with E-state index in [1.807, 2.05) is 6.07 Å². The molecule has 10 rings (SSSR count). The summed E-state index contributed by atoms with van der Waals surface area (Å²) in [5, 5.41) is 7.68. The van der Waals surface area contributed by atoms with Gasteiger partial charge in [-0.25, -0.2) is 0 Å². The Bertz CT molecular complexity index is 2560. The van der Waals surface area contributed by atoms with E-state index in [9.17, 15) is 0 Å². The summed E-state index contributed by atoms with van der Waals surface area (Å²) in [6.07, 6.45) is 12.1. The van der Waals surface area contributed by atoms with Crippen molar-refractivity contribution in [2.75, 3.05) is 4.90 Å². The summed E-state index contributed by atoms with van der Waals surface area (Å²) in [7, 11) is 0. The van der Waals surface area contributed by atoms with Crippen molar-refractivity contribution in [2.45, 2.75) is 19.3 Å². The quantitative estimate of drug-likeness (QED) is 0.187. The van der Waals surface area contributed by atoms with E-state index in [4.69, 9.17) is 4.42 Å². The normalized spacial score (nSPS) is 19.3. The van der Waals surface area contributed by atoms with Gasteiger partial charge >= 0.3 is 0 Å². The van der Waals surface area contributed by atoms with E-state index in [2.05, 4.69) is 164 Å². The van der Waals surface area contributed by atoms with Crippen LogP contribution >= 0.6 is 0 Å². The molecule has 2 atom stereocenters. The molecule has 6 aromatic carbocycles. The van der Waals surface area contributed by atoms with E-state index in [1.165, 1.54) is 43.8 Å². The molecular formula is C45H33NO. The summed E-state index contributed by atoms with van der Waals surface area (Å²) in [6.45, 7) is 4.88. The maximum absolute atomic E-state index is 6.56. The van der Waals surface area contributed by atoms with Crippen LogP contribution in [0.25, 0.3) is 49.1 Å². The van der Waals surface area contributed by atoms with Gasteiger partial charge in [0.1, 0.15) is 5.58 Å². The van der Waals surface area contributed by atoms with Gasteiger partial charge in [0.15, 0.2) is 5.58 Å². The van der Waals surface area contributed by atoms with E-state index < -0.39 is 0 Å². The van der Waals surface area contributed by atoms with Crippen molar-refractivity contribution in [1.82, 2.24) is 0 Å². The third-order valence-corrected chi connectivity index (χ3v) is 10.8. The highest BCUT2D eigenvalue weighted by atomic mass is 16.3. The number of hydrogen-bond acceptors (Lipinski definition) is 2. The number of hydrogen-bond donors (Lipinski definition) is 0. The number of furan rings is 1. The van der Waals surface area contributed by atoms with Crippen molar-refractivity contribution in [3.63, 3.8) is 0 Å². The van der Waals surface area contributed by atoms with Gasteiger partial charge in [-0.2, -0.15) is 0 Å². The lowest BCUT2D eigenvalue weighted by atomic mass is 9.68. The van der Waals surface area contributed by atoms with E-state index in [1.54, 1.807) is 0 Å². The minimum atomic E-state index is -0.114. The van der Waals surface area contributed by atoms with Crippen molar-refractivity contribution in [3.05, 3.63) is 174 Å². The predicted molar refractivity (Wildman–Crippen MR) is 197 cm³/mol. The maximum Gasteiger partial charge on any atom is 0.159 e. The zero-order valence-corrected chi connectivity index (χ0v) is 26.4. The lowest BCUT2D eigenvalue weighted by Gasteiger charge is -2.38. The first-order valence-corrected chi connectivity index (χ1v) is 16.6. The molecular weight excluding hydrogens is 571 g/mol. The van der Waals surface area contributed by atoms with Gasteiger partial charge in [0.05, 0.1) is 5.69 Å². The number of rotatable bonds is 3. The molecule has 0 bridgehead atoms. The second-order valence-corrected chi connectivity index (χ2v) is 13.6. The number of anilines is 2. The number of fused-ring (bicyclic) bond motifs is 12. The number of para-hydroxylation sites is 3. The first-order chi connectivity index (χ1) is 23.1. The summed E-state index contributed by atoms with van der Waals surface area (Å²) >= 11 is 0. The molecule has 0 amide bonds. The Hall–Kier alpha value is -5.60. The van der Waals surface area contributed by atoms with Gasteiger partial charge in [0.25, 0.3) is 0 Å². The molecule has 3 aliphatic rings. The summed E-state index contributed by atoms with van der Waals surface area (Å²) in [5.74, 6) is 0.513. The summed E-state index contributed by atoms with van der Waals surface area (Å²) in [4.78, 5) is 2.37. The second kappa shape index (κ2) is 9.70. The molecule has 0 spiro atoms. The molecule has 0 fully saturated rings. The molecule has 0 saturated heterocycles. The molecule has 0 radical (unpaired) electrons. The molecule has 47 heavy (non-hydrogen) atoms. The van der Waals surface area contributed by atoms with Crippen LogP contribution in [0.2, 0.25) is 0 Å². The van der Waals surface area contributed by atoms with E-state index >= 15 is 0 Å². The highest BCUT2D eigenvalue weighted by Gasteiger charge is 2.45. The molecule has 1 heterocycles. The van der Waals surface area contributed by atoms with Gasteiger partial charge in [0, 0.05) is 39.4 Å². The third kappa shape index (κ3) is 3.67. The van der Waals surface area contributed by atoms with Crippen molar-refractivity contribution < 1.29 is 4.42 Å². The molecule has 7 aromatic rings. The average Bonchev–Trinajstić information content (AvgIpc) is 3.62. The molecule has 0 saturated carbocycles. The molecule has 0 N–H and O–H groups in total. The summed E-state index contributed by atoms with van der Waals surface area (Å²) in [5.41, 5.74) is 10.8. The van der Waals surface area contributed by atoms with E-state index in [0.717, 1.165) is 39.0 Å². The fourth-order valence-electron chi connectivity index (χ4n) is 8.87. The topological polar surface area (TPSA) is 16.4 Å². The van der Waals surface area contributed by atoms with Crippen LogP contribution in [0.15, 0.2) is 167 Å². The SMILES string of the molecule is CC1(C)C2=C(C=CC3C=C(N(c4ccccc4)c4cccc5c4oc4ccccc45)C=CC23)c2c1c1ccccc1c1ccccc21. The predicted octanol–water partition coefficient (Wildman–Crippen LogP) is 12.0. The van der Waals surface area contributed by atoms with Gasteiger partial charge in [0.2, 0.25) is 0 Å². The Morgan fingerprint density at radius 2 is 1.26 bits per heavy atom. The Morgan fingerprint density at radius 1 is 0.596 bits per heavy atom. The Kier molecular flexibility index (Phi) is 5.49. The van der Waals surface area contributed by atoms with Crippen LogP contribution in [0, 0.1) is 11.8 Å². The van der Waals surface area contributed by atoms with Crippen LogP contribution < -0.4 is 4.90 Å². The third-order valence-electron chi connectivity index (χ3n) is 10.8. The monoisotopic (exact) mass is 603 g/mol. The highest BCUT2D eigenvalue weighted by Crippen LogP contribution is 2.58. The largest absolute Gasteiger partial charge is 0.454 e. The van der Waals surface area contributed by atoms with Gasteiger partial charge in [-0.1, -0.05) is 135 Å². The van der Waals surface area contributed by atoms with E-state index in [0.29, 0.717) is 0 Å². The highest BCUT2D eigenvalue weighted by molar-refractivity contribution is 6.17. The number of allylic oxidation sites excluding steroid dienone is 7. The molecule has 2 nitrogen and oxygen atoms in total. The fraction of sp³-hybridized carbons (Fsp3) is 0.111. The number of nitrogens with zero attached hydrogens (tertiary/aromatic N) is 1. The first-order valence-electron chi connectivity index (χ1n) is 16.6. The molecule has 2 unspecified atom stereocenters. The average molecular weight is 604 g/mol. The maximum atomic E-state index is 6.56.